The molecule has 0 saturated carbocycles. The molecule has 1 atom stereocenters. The van der Waals surface area contributed by atoms with Gasteiger partial charge in [-0.25, -0.2) is 0 Å². The van der Waals surface area contributed by atoms with Crippen molar-refractivity contribution in [1.82, 2.24) is 9.80 Å². The van der Waals surface area contributed by atoms with Crippen LogP contribution in [0.2, 0.25) is 5.02 Å². The highest BCUT2D eigenvalue weighted by atomic mass is 35.5. The second-order valence-electron chi connectivity index (χ2n) is 8.36. The molecule has 34 heavy (non-hydrogen) atoms. The molecule has 3 heterocycles. The molecule has 178 valence electrons. The molecule has 1 N–H and O–H groups in total. The molecule has 5 rings (SSSR count). The monoisotopic (exact) mass is 484 g/mol. The van der Waals surface area contributed by atoms with Gasteiger partial charge >= 0.3 is 0 Å². The van der Waals surface area contributed by atoms with Crippen LogP contribution < -0.4 is 9.47 Å². The standard InChI is InChI=1S/C25H25ClN2O6/c26-18-3-1-2-16(14-18)22-21(23(29)17-4-5-19-20(15-17)34-13-12-33-19)24(30)25(31)28(22)7-6-27-8-10-32-11-9-27/h1-5,14-15,22,29H,6-13H2/t22-/m1/s1. The van der Waals surface area contributed by atoms with Gasteiger partial charge in [-0.15, -0.1) is 0 Å². The summed E-state index contributed by atoms with van der Waals surface area (Å²) in [7, 11) is 0. The highest BCUT2D eigenvalue weighted by Gasteiger charge is 2.46. The second-order valence-corrected chi connectivity index (χ2v) is 8.80. The molecule has 2 aromatic rings. The summed E-state index contributed by atoms with van der Waals surface area (Å²) in [6.07, 6.45) is 0. The van der Waals surface area contributed by atoms with Crippen molar-refractivity contribution in [2.75, 3.05) is 52.6 Å². The average molecular weight is 485 g/mol. The second kappa shape index (κ2) is 9.66. The fourth-order valence-corrected chi connectivity index (χ4v) is 4.75. The molecule has 0 unspecified atom stereocenters. The van der Waals surface area contributed by atoms with Crippen LogP contribution >= 0.6 is 11.6 Å². The Morgan fingerprint density at radius 2 is 1.74 bits per heavy atom. The minimum absolute atomic E-state index is 0.0333. The van der Waals surface area contributed by atoms with E-state index >= 15 is 0 Å². The first kappa shape index (κ1) is 22.7. The SMILES string of the molecule is O=C1C(=O)N(CCN2CCOCC2)[C@H](c2cccc(Cl)c2)C1=C(O)c1ccc2c(c1)OCCO2. The van der Waals surface area contributed by atoms with Crippen molar-refractivity contribution in [3.63, 3.8) is 0 Å². The van der Waals surface area contributed by atoms with E-state index in [-0.39, 0.29) is 11.3 Å². The van der Waals surface area contributed by atoms with Gasteiger partial charge in [0, 0.05) is 36.8 Å². The van der Waals surface area contributed by atoms with Gasteiger partial charge in [-0.2, -0.15) is 0 Å². The number of halogens is 1. The molecular weight excluding hydrogens is 460 g/mol. The molecular formula is C25H25ClN2O6. The number of aliphatic hydroxyl groups is 1. The number of carbonyl (C=O) groups excluding carboxylic acids is 2. The van der Waals surface area contributed by atoms with E-state index in [1.54, 1.807) is 42.5 Å². The molecule has 2 saturated heterocycles. The third-order valence-corrected chi connectivity index (χ3v) is 6.52. The number of carbonyl (C=O) groups is 2. The van der Waals surface area contributed by atoms with E-state index in [0.717, 1.165) is 13.1 Å². The zero-order valence-electron chi connectivity index (χ0n) is 18.5. The zero-order chi connectivity index (χ0) is 23.7. The predicted octanol–water partition coefficient (Wildman–Crippen LogP) is 2.87. The summed E-state index contributed by atoms with van der Waals surface area (Å²) in [5, 5.41) is 11.8. The van der Waals surface area contributed by atoms with Crippen molar-refractivity contribution in [3.05, 3.63) is 64.2 Å². The van der Waals surface area contributed by atoms with Crippen molar-refractivity contribution in [3.8, 4) is 11.5 Å². The molecule has 0 radical (unpaired) electrons. The van der Waals surface area contributed by atoms with Gasteiger partial charge in [0.05, 0.1) is 24.8 Å². The maximum absolute atomic E-state index is 13.2. The van der Waals surface area contributed by atoms with Gasteiger partial charge in [0.15, 0.2) is 11.5 Å². The van der Waals surface area contributed by atoms with E-state index in [1.165, 1.54) is 4.90 Å². The number of ketones is 1. The molecule has 0 aliphatic carbocycles. The maximum atomic E-state index is 13.2. The van der Waals surface area contributed by atoms with E-state index in [1.807, 2.05) is 0 Å². The summed E-state index contributed by atoms with van der Waals surface area (Å²) in [5.41, 5.74) is 1.07. The van der Waals surface area contributed by atoms with Crippen molar-refractivity contribution in [1.29, 1.82) is 0 Å². The van der Waals surface area contributed by atoms with Gasteiger partial charge in [-0.1, -0.05) is 23.7 Å². The molecule has 8 nitrogen and oxygen atoms in total. The number of ether oxygens (including phenoxy) is 3. The number of Topliss-reactive ketones (excluding diaryl/α,β-unsaturated/α-hetero) is 1. The smallest absolute Gasteiger partial charge is 0.295 e. The van der Waals surface area contributed by atoms with Crippen LogP contribution in [0.4, 0.5) is 0 Å². The Kier molecular flexibility index (Phi) is 6.45. The van der Waals surface area contributed by atoms with Crippen LogP contribution in [0.1, 0.15) is 17.2 Å². The van der Waals surface area contributed by atoms with E-state index in [4.69, 9.17) is 25.8 Å². The number of likely N-dealkylation sites (tertiary alicyclic amines) is 1. The van der Waals surface area contributed by atoms with E-state index < -0.39 is 17.7 Å². The Balaban J connectivity index is 1.54. The average Bonchev–Trinajstić information content (AvgIpc) is 3.12. The molecule has 0 aromatic heterocycles. The minimum atomic E-state index is -0.757. The van der Waals surface area contributed by atoms with E-state index in [2.05, 4.69) is 4.90 Å². The Hall–Kier alpha value is -3.07. The number of rotatable bonds is 5. The summed E-state index contributed by atoms with van der Waals surface area (Å²) >= 11 is 6.25. The van der Waals surface area contributed by atoms with E-state index in [9.17, 15) is 14.7 Å². The van der Waals surface area contributed by atoms with Crippen LogP contribution in [0, 0.1) is 0 Å². The Morgan fingerprint density at radius 3 is 2.50 bits per heavy atom. The third kappa shape index (κ3) is 4.36. The quantitative estimate of drug-likeness (QED) is 0.396. The molecule has 2 aromatic carbocycles. The number of nitrogens with zero attached hydrogens (tertiary/aromatic N) is 2. The first-order valence-electron chi connectivity index (χ1n) is 11.3. The maximum Gasteiger partial charge on any atom is 0.295 e. The lowest BCUT2D eigenvalue weighted by Gasteiger charge is -2.31. The molecule has 2 fully saturated rings. The Labute approximate surface area is 202 Å². The fraction of sp³-hybridized carbons (Fsp3) is 0.360. The van der Waals surface area contributed by atoms with Gasteiger partial charge in [-0.05, 0) is 35.9 Å². The van der Waals surface area contributed by atoms with Crippen LogP contribution in [-0.4, -0.2) is 79.2 Å². The molecule has 1 amide bonds. The minimum Gasteiger partial charge on any atom is -0.507 e. The third-order valence-electron chi connectivity index (χ3n) is 6.28. The highest BCUT2D eigenvalue weighted by molar-refractivity contribution is 6.46. The highest BCUT2D eigenvalue weighted by Crippen LogP contribution is 2.41. The lowest BCUT2D eigenvalue weighted by molar-refractivity contribution is -0.140. The number of hydrogen-bond acceptors (Lipinski definition) is 7. The molecule has 3 aliphatic heterocycles. The fourth-order valence-electron chi connectivity index (χ4n) is 4.55. The van der Waals surface area contributed by atoms with Gasteiger partial charge in [-0.3, -0.25) is 14.5 Å². The van der Waals surface area contributed by atoms with Gasteiger partial charge in [0.1, 0.15) is 19.0 Å². The molecule has 0 spiro atoms. The van der Waals surface area contributed by atoms with Crippen LogP contribution in [-0.2, 0) is 14.3 Å². The van der Waals surface area contributed by atoms with Crippen LogP contribution in [0.5, 0.6) is 11.5 Å². The number of amides is 1. The van der Waals surface area contributed by atoms with Gasteiger partial charge < -0.3 is 24.2 Å². The van der Waals surface area contributed by atoms with Crippen LogP contribution in [0.15, 0.2) is 48.0 Å². The molecule has 0 bridgehead atoms. The summed E-state index contributed by atoms with van der Waals surface area (Å²) in [5.74, 6) is -0.567. The van der Waals surface area contributed by atoms with Crippen molar-refractivity contribution in [2.24, 2.45) is 0 Å². The number of aliphatic hydroxyl groups excluding tert-OH is 1. The molecule has 9 heteroatoms. The van der Waals surface area contributed by atoms with Gasteiger partial charge in [0.25, 0.3) is 11.7 Å². The summed E-state index contributed by atoms with van der Waals surface area (Å²) < 4.78 is 16.6. The zero-order valence-corrected chi connectivity index (χ0v) is 19.3. The first-order valence-corrected chi connectivity index (χ1v) is 11.6. The predicted molar refractivity (Wildman–Crippen MR) is 125 cm³/mol. The van der Waals surface area contributed by atoms with Crippen molar-refractivity contribution < 1.29 is 28.9 Å². The largest absolute Gasteiger partial charge is 0.507 e. The number of hydrogen-bond donors (Lipinski definition) is 1. The van der Waals surface area contributed by atoms with Crippen molar-refractivity contribution >= 4 is 29.1 Å². The first-order chi connectivity index (χ1) is 16.5. The van der Waals surface area contributed by atoms with Crippen LogP contribution in [0.3, 0.4) is 0 Å². The lowest BCUT2D eigenvalue weighted by atomic mass is 9.95. The Bertz CT molecular complexity index is 1140. The number of fused-ring (bicyclic) bond motifs is 1. The number of morpholine rings is 1. The summed E-state index contributed by atoms with van der Waals surface area (Å²) in [6.45, 7) is 4.58. The van der Waals surface area contributed by atoms with Gasteiger partial charge in [0.2, 0.25) is 0 Å². The van der Waals surface area contributed by atoms with E-state index in [0.29, 0.717) is 67.2 Å². The van der Waals surface area contributed by atoms with Crippen LogP contribution in [0.25, 0.3) is 5.76 Å². The summed E-state index contributed by atoms with van der Waals surface area (Å²) in [4.78, 5) is 30.1. The molecule has 3 aliphatic rings. The van der Waals surface area contributed by atoms with Crippen molar-refractivity contribution in [2.45, 2.75) is 6.04 Å². The Morgan fingerprint density at radius 1 is 0.971 bits per heavy atom. The summed E-state index contributed by atoms with van der Waals surface area (Å²) in [6, 6.07) is 11.2. The normalized spacial score (nSPS) is 22.3. The number of benzene rings is 2. The topological polar surface area (TPSA) is 88.5 Å². The lowest BCUT2D eigenvalue weighted by Crippen LogP contribution is -2.42.